The maximum Gasteiger partial charge on any atom is 0.195 e. The first-order valence-electron chi connectivity index (χ1n) is 9.81. The number of aliphatic imine (C=N–C) groups is 1. The molecule has 2 N–H and O–H groups in total. The number of hydrogen-bond acceptors (Lipinski definition) is 5. The smallest absolute Gasteiger partial charge is 0.195 e. The lowest BCUT2D eigenvalue weighted by Gasteiger charge is -2.26. The van der Waals surface area contributed by atoms with Crippen LogP contribution in [0.3, 0.4) is 0 Å². The van der Waals surface area contributed by atoms with E-state index in [2.05, 4.69) is 20.5 Å². The molecule has 0 bridgehead atoms. The lowest BCUT2D eigenvalue weighted by Crippen LogP contribution is -2.39. The van der Waals surface area contributed by atoms with Gasteiger partial charge in [0.25, 0.3) is 0 Å². The molecule has 1 fully saturated rings. The minimum Gasteiger partial charge on any atom is -0.493 e. The van der Waals surface area contributed by atoms with E-state index in [0.717, 1.165) is 30.3 Å². The van der Waals surface area contributed by atoms with Crippen LogP contribution in [0, 0.1) is 0 Å². The number of methoxy groups -OCH3 is 1. The molecule has 1 aromatic carbocycles. The molecule has 0 aliphatic carbocycles. The number of nitrogens with one attached hydrogen (secondary N) is 2. The first-order valence-corrected chi connectivity index (χ1v) is 9.81. The van der Waals surface area contributed by atoms with Crippen molar-refractivity contribution >= 4 is 11.6 Å². The zero-order valence-electron chi connectivity index (χ0n) is 16.9. The van der Waals surface area contributed by atoms with Crippen molar-refractivity contribution in [1.29, 1.82) is 0 Å². The quantitative estimate of drug-likeness (QED) is 0.534. The van der Waals surface area contributed by atoms with Crippen LogP contribution in [0.5, 0.6) is 11.5 Å². The van der Waals surface area contributed by atoms with E-state index in [1.807, 2.05) is 37.3 Å². The summed E-state index contributed by atoms with van der Waals surface area (Å²) < 4.78 is 16.7. The number of guanidine groups is 1. The molecular weight excluding hydrogens is 356 g/mol. The largest absolute Gasteiger partial charge is 0.493 e. The van der Waals surface area contributed by atoms with E-state index in [4.69, 9.17) is 13.9 Å². The normalized spacial score (nSPS) is 16.0. The average molecular weight is 386 g/mol. The van der Waals surface area contributed by atoms with Crippen LogP contribution >= 0.6 is 0 Å². The topological polar surface area (TPSA) is 71.3 Å². The molecule has 7 nitrogen and oxygen atoms in total. The van der Waals surface area contributed by atoms with Crippen LogP contribution in [0.1, 0.15) is 31.6 Å². The van der Waals surface area contributed by atoms with Crippen LogP contribution < -0.4 is 20.1 Å². The third kappa shape index (κ3) is 4.98. The van der Waals surface area contributed by atoms with Crippen LogP contribution in [-0.4, -0.2) is 51.3 Å². The zero-order valence-corrected chi connectivity index (χ0v) is 16.9. The summed E-state index contributed by atoms with van der Waals surface area (Å²) in [5, 5.41) is 6.74. The molecule has 2 aromatic rings. The third-order valence-electron chi connectivity index (χ3n) is 4.87. The van der Waals surface area contributed by atoms with Gasteiger partial charge in [-0.1, -0.05) is 0 Å². The predicted molar refractivity (Wildman–Crippen MR) is 111 cm³/mol. The van der Waals surface area contributed by atoms with Gasteiger partial charge in [0, 0.05) is 25.3 Å². The maximum atomic E-state index is 5.69. The highest BCUT2D eigenvalue weighted by molar-refractivity contribution is 5.93. The Labute approximate surface area is 166 Å². The lowest BCUT2D eigenvalue weighted by atomic mass is 10.2. The number of benzene rings is 1. The van der Waals surface area contributed by atoms with Crippen molar-refractivity contribution in [3.63, 3.8) is 0 Å². The molecule has 1 aromatic heterocycles. The molecule has 0 amide bonds. The van der Waals surface area contributed by atoms with Gasteiger partial charge in [-0.15, -0.1) is 0 Å². The molecule has 0 radical (unpaired) electrons. The van der Waals surface area contributed by atoms with Crippen LogP contribution in [0.25, 0.3) is 0 Å². The molecule has 1 aliphatic rings. The molecular formula is C21H30N4O3. The van der Waals surface area contributed by atoms with Gasteiger partial charge in [-0.2, -0.15) is 0 Å². The Morgan fingerprint density at radius 2 is 2.07 bits per heavy atom. The average Bonchev–Trinajstić information content (AvgIpc) is 3.43. The summed E-state index contributed by atoms with van der Waals surface area (Å²) in [6.45, 7) is 5.44. The Kier molecular flexibility index (Phi) is 7.19. The summed E-state index contributed by atoms with van der Waals surface area (Å²) >= 11 is 0. The highest BCUT2D eigenvalue weighted by atomic mass is 16.5. The number of anilines is 1. The fourth-order valence-corrected chi connectivity index (χ4v) is 3.47. The Morgan fingerprint density at radius 1 is 1.25 bits per heavy atom. The fraction of sp³-hybridized carbons (Fsp3) is 0.476. The Morgan fingerprint density at radius 3 is 2.71 bits per heavy atom. The van der Waals surface area contributed by atoms with Crippen molar-refractivity contribution in [3.05, 3.63) is 42.4 Å². The Bertz CT molecular complexity index is 755. The number of hydrogen-bond donors (Lipinski definition) is 2. The van der Waals surface area contributed by atoms with Gasteiger partial charge >= 0.3 is 0 Å². The van der Waals surface area contributed by atoms with Gasteiger partial charge in [0.2, 0.25) is 0 Å². The molecule has 2 heterocycles. The predicted octanol–water partition coefficient (Wildman–Crippen LogP) is 3.51. The van der Waals surface area contributed by atoms with Crippen LogP contribution in [0.15, 0.2) is 46.0 Å². The van der Waals surface area contributed by atoms with Gasteiger partial charge < -0.3 is 24.5 Å². The van der Waals surface area contributed by atoms with Crippen molar-refractivity contribution in [2.24, 2.45) is 4.99 Å². The first kappa shape index (κ1) is 20.1. The minimum atomic E-state index is 0.186. The second-order valence-corrected chi connectivity index (χ2v) is 6.65. The number of ether oxygens (including phenoxy) is 2. The van der Waals surface area contributed by atoms with Gasteiger partial charge in [-0.25, -0.2) is 0 Å². The summed E-state index contributed by atoms with van der Waals surface area (Å²) in [4.78, 5) is 6.81. The van der Waals surface area contributed by atoms with Crippen LogP contribution in [0.2, 0.25) is 0 Å². The van der Waals surface area contributed by atoms with E-state index in [1.54, 1.807) is 20.4 Å². The Balaban J connectivity index is 1.65. The van der Waals surface area contributed by atoms with E-state index < -0.39 is 0 Å². The zero-order chi connectivity index (χ0) is 19.8. The van der Waals surface area contributed by atoms with Gasteiger partial charge in [-0.3, -0.25) is 9.89 Å². The summed E-state index contributed by atoms with van der Waals surface area (Å²) in [7, 11) is 3.40. The van der Waals surface area contributed by atoms with Gasteiger partial charge in [-0.05, 0) is 57.1 Å². The van der Waals surface area contributed by atoms with Crippen molar-refractivity contribution in [1.82, 2.24) is 10.2 Å². The summed E-state index contributed by atoms with van der Waals surface area (Å²) in [5.74, 6) is 3.09. The van der Waals surface area contributed by atoms with Crippen molar-refractivity contribution in [2.75, 3.05) is 45.7 Å². The van der Waals surface area contributed by atoms with E-state index in [0.29, 0.717) is 24.9 Å². The van der Waals surface area contributed by atoms with Gasteiger partial charge in [0.05, 0.1) is 26.0 Å². The molecule has 1 saturated heterocycles. The molecule has 1 unspecified atom stereocenters. The number of furan rings is 1. The molecule has 0 saturated carbocycles. The second kappa shape index (κ2) is 10.0. The Hall–Kier alpha value is -2.67. The van der Waals surface area contributed by atoms with E-state index in [1.165, 1.54) is 12.8 Å². The standard InChI is InChI=1S/C21H30N4O3/c1-4-27-19-10-9-16(14-20(19)26-3)24-21(22-2)23-15-17(18-8-7-13-28-18)25-11-5-6-12-25/h7-10,13-14,17H,4-6,11-12,15H2,1-3H3,(H2,22,23,24). The van der Waals surface area contributed by atoms with Gasteiger partial charge in [0.15, 0.2) is 17.5 Å². The minimum absolute atomic E-state index is 0.186. The van der Waals surface area contributed by atoms with E-state index in [9.17, 15) is 0 Å². The number of nitrogens with zero attached hydrogens (tertiary/aromatic N) is 2. The van der Waals surface area contributed by atoms with E-state index in [-0.39, 0.29) is 6.04 Å². The molecule has 3 rings (SSSR count). The summed E-state index contributed by atoms with van der Waals surface area (Å²) in [6.07, 6.45) is 4.20. The van der Waals surface area contributed by atoms with Crippen LogP contribution in [0.4, 0.5) is 5.69 Å². The molecule has 28 heavy (non-hydrogen) atoms. The number of likely N-dealkylation sites (tertiary alicyclic amines) is 1. The van der Waals surface area contributed by atoms with Crippen LogP contribution in [-0.2, 0) is 0 Å². The second-order valence-electron chi connectivity index (χ2n) is 6.65. The fourth-order valence-electron chi connectivity index (χ4n) is 3.47. The summed E-state index contributed by atoms with van der Waals surface area (Å²) in [6, 6.07) is 9.92. The molecule has 1 atom stereocenters. The maximum absolute atomic E-state index is 5.69. The molecule has 1 aliphatic heterocycles. The third-order valence-corrected chi connectivity index (χ3v) is 4.87. The molecule has 7 heteroatoms. The highest BCUT2D eigenvalue weighted by Crippen LogP contribution is 2.30. The van der Waals surface area contributed by atoms with Crippen molar-refractivity contribution in [2.45, 2.75) is 25.8 Å². The monoisotopic (exact) mass is 386 g/mol. The van der Waals surface area contributed by atoms with Crippen molar-refractivity contribution in [3.8, 4) is 11.5 Å². The highest BCUT2D eigenvalue weighted by Gasteiger charge is 2.25. The van der Waals surface area contributed by atoms with E-state index >= 15 is 0 Å². The number of rotatable bonds is 8. The lowest BCUT2D eigenvalue weighted by molar-refractivity contribution is 0.216. The summed E-state index contributed by atoms with van der Waals surface area (Å²) in [5.41, 5.74) is 0.879. The SMILES string of the molecule is CCOc1ccc(NC(=NC)NCC(c2ccco2)N2CCCC2)cc1OC. The molecule has 0 spiro atoms. The molecule has 152 valence electrons. The van der Waals surface area contributed by atoms with Crippen molar-refractivity contribution < 1.29 is 13.9 Å². The van der Waals surface area contributed by atoms with Gasteiger partial charge in [0.1, 0.15) is 5.76 Å². The first-order chi connectivity index (χ1) is 13.7.